The monoisotopic (exact) mass is 642 g/mol. The lowest BCUT2D eigenvalue weighted by atomic mass is 9.85. The molecule has 1 aliphatic carbocycles. The van der Waals surface area contributed by atoms with Crippen LogP contribution in [0.15, 0.2) is 0 Å². The zero-order chi connectivity index (χ0) is 32.3. The van der Waals surface area contributed by atoms with E-state index in [4.69, 9.17) is 18.5 Å². The zero-order valence-electron chi connectivity index (χ0n) is 25.8. The van der Waals surface area contributed by atoms with E-state index in [2.05, 4.69) is 6.92 Å². The first-order chi connectivity index (χ1) is 20.4. The number of unbranched alkanes of at least 4 members (excludes halogenated alkanes) is 12. The van der Waals surface area contributed by atoms with Crippen molar-refractivity contribution in [2.24, 2.45) is 0 Å². The minimum absolute atomic E-state index is 0.0508. The van der Waals surface area contributed by atoms with Crippen molar-refractivity contribution in [2.45, 2.75) is 159 Å². The third-order valence-corrected chi connectivity index (χ3v) is 8.40. The fourth-order valence-electron chi connectivity index (χ4n) is 4.79. The second kappa shape index (κ2) is 22.4. The molecule has 43 heavy (non-hydrogen) atoms. The maximum absolute atomic E-state index is 12.5. The third-order valence-electron chi connectivity index (χ3n) is 7.42. The standard InChI is InChI=1S/C29H55O13P/c1-3-5-6-7-8-9-10-11-12-13-14-15-16-18-22(30)39-19-21(41-23(31)17-4-2)20-40-43(37,38)42-29-27(35)25(33)24(32)26(34)28(29)36/h21,24-29,32-36H,3-20H2,1-2H3,(H,37,38)/t21-,24?,25-,26?,27?,28?,29?/m1/s1. The fraction of sp³-hybridized carbons (Fsp3) is 0.931. The number of hydrogen-bond donors (Lipinski definition) is 6. The van der Waals surface area contributed by atoms with Crippen LogP contribution in [-0.2, 0) is 32.7 Å². The fourth-order valence-corrected chi connectivity index (χ4v) is 5.77. The molecule has 1 saturated carbocycles. The van der Waals surface area contributed by atoms with Crippen LogP contribution < -0.4 is 0 Å². The van der Waals surface area contributed by atoms with E-state index in [1.54, 1.807) is 6.92 Å². The molecular weight excluding hydrogens is 587 g/mol. The Labute approximate surface area is 255 Å². The molecule has 14 heteroatoms. The average molecular weight is 643 g/mol. The quantitative estimate of drug-likeness (QED) is 0.0509. The van der Waals surface area contributed by atoms with Crippen LogP contribution in [0.3, 0.4) is 0 Å². The highest BCUT2D eigenvalue weighted by Crippen LogP contribution is 2.47. The van der Waals surface area contributed by atoms with Gasteiger partial charge in [-0.15, -0.1) is 0 Å². The molecule has 0 aromatic carbocycles. The molecular formula is C29H55O13P. The second-order valence-electron chi connectivity index (χ2n) is 11.3. The Morgan fingerprint density at radius 2 is 1.09 bits per heavy atom. The maximum atomic E-state index is 12.5. The lowest BCUT2D eigenvalue weighted by Gasteiger charge is -2.41. The lowest BCUT2D eigenvalue weighted by Crippen LogP contribution is -2.64. The summed E-state index contributed by atoms with van der Waals surface area (Å²) in [6, 6.07) is 0. The second-order valence-corrected chi connectivity index (χ2v) is 12.7. The molecule has 1 aliphatic rings. The minimum Gasteiger partial charge on any atom is -0.462 e. The maximum Gasteiger partial charge on any atom is 0.472 e. The molecule has 0 aromatic rings. The smallest absolute Gasteiger partial charge is 0.462 e. The van der Waals surface area contributed by atoms with Crippen molar-refractivity contribution >= 4 is 19.8 Å². The summed E-state index contributed by atoms with van der Waals surface area (Å²) in [5.41, 5.74) is 0. The van der Waals surface area contributed by atoms with E-state index in [0.717, 1.165) is 19.3 Å². The molecule has 0 bridgehead atoms. The van der Waals surface area contributed by atoms with Crippen molar-refractivity contribution in [1.82, 2.24) is 0 Å². The molecule has 0 spiro atoms. The van der Waals surface area contributed by atoms with E-state index >= 15 is 0 Å². The molecule has 13 nitrogen and oxygen atoms in total. The summed E-state index contributed by atoms with van der Waals surface area (Å²) >= 11 is 0. The van der Waals surface area contributed by atoms with Crippen LogP contribution >= 0.6 is 7.82 Å². The van der Waals surface area contributed by atoms with Gasteiger partial charge in [0.25, 0.3) is 0 Å². The summed E-state index contributed by atoms with van der Waals surface area (Å²) in [6.07, 6.45) is 2.77. The van der Waals surface area contributed by atoms with Gasteiger partial charge in [-0.2, -0.15) is 0 Å². The van der Waals surface area contributed by atoms with Gasteiger partial charge in [-0.05, 0) is 12.8 Å². The van der Waals surface area contributed by atoms with Gasteiger partial charge < -0.3 is 39.9 Å². The van der Waals surface area contributed by atoms with E-state index in [1.165, 1.54) is 57.8 Å². The van der Waals surface area contributed by atoms with Gasteiger partial charge in [0.1, 0.15) is 43.2 Å². The van der Waals surface area contributed by atoms with Crippen LogP contribution in [0, 0.1) is 0 Å². The molecule has 0 heterocycles. The van der Waals surface area contributed by atoms with Crippen molar-refractivity contribution in [3.63, 3.8) is 0 Å². The Hall–Kier alpha value is -1.15. The highest BCUT2D eigenvalue weighted by atomic mass is 31.2. The number of ether oxygens (including phenoxy) is 2. The van der Waals surface area contributed by atoms with Gasteiger partial charge in [0.05, 0.1) is 6.61 Å². The number of carbonyl (C=O) groups is 2. The molecule has 254 valence electrons. The minimum atomic E-state index is -5.07. The highest BCUT2D eigenvalue weighted by molar-refractivity contribution is 7.47. The number of phosphoric ester groups is 1. The summed E-state index contributed by atoms with van der Waals surface area (Å²) in [5, 5.41) is 49.3. The Balaban J connectivity index is 2.40. The van der Waals surface area contributed by atoms with Crippen LogP contribution in [0.25, 0.3) is 0 Å². The van der Waals surface area contributed by atoms with E-state index < -0.39 is 75.7 Å². The molecule has 6 N–H and O–H groups in total. The Bertz CT molecular complexity index is 797. The van der Waals surface area contributed by atoms with Gasteiger partial charge in [-0.1, -0.05) is 90.9 Å². The summed E-state index contributed by atoms with van der Waals surface area (Å²) < 4.78 is 32.5. The largest absolute Gasteiger partial charge is 0.472 e. The van der Waals surface area contributed by atoms with Crippen LogP contribution in [0.4, 0.5) is 0 Å². The van der Waals surface area contributed by atoms with Crippen LogP contribution in [0.2, 0.25) is 0 Å². The molecule has 1 fully saturated rings. The summed E-state index contributed by atoms with van der Waals surface area (Å²) in [7, 11) is -5.07. The predicted molar refractivity (Wildman–Crippen MR) is 157 cm³/mol. The summed E-state index contributed by atoms with van der Waals surface area (Å²) in [5.74, 6) is -1.16. The normalized spacial score (nSPS) is 26.0. The van der Waals surface area contributed by atoms with E-state index in [0.29, 0.717) is 12.8 Å². The Morgan fingerprint density at radius 1 is 0.628 bits per heavy atom. The van der Waals surface area contributed by atoms with Crippen molar-refractivity contribution in [1.29, 1.82) is 0 Å². The zero-order valence-corrected chi connectivity index (χ0v) is 26.7. The van der Waals surface area contributed by atoms with Crippen LogP contribution in [0.1, 0.15) is 117 Å². The molecule has 6 unspecified atom stereocenters. The molecule has 8 atom stereocenters. The number of hydrogen-bond acceptors (Lipinski definition) is 12. The van der Waals surface area contributed by atoms with Gasteiger partial charge in [-0.3, -0.25) is 18.6 Å². The average Bonchev–Trinajstić information content (AvgIpc) is 2.97. The topological polar surface area (TPSA) is 210 Å². The number of phosphoric acid groups is 1. The predicted octanol–water partition coefficient (Wildman–Crippen LogP) is 3.04. The first-order valence-electron chi connectivity index (χ1n) is 15.8. The number of carbonyl (C=O) groups excluding carboxylic acids is 2. The first kappa shape index (κ1) is 39.9. The van der Waals surface area contributed by atoms with E-state index in [-0.39, 0.29) is 12.8 Å². The SMILES string of the molecule is CCCCCCCCCCCCCCCC(=O)OC[C@H](COP(=O)(O)OC1C(O)C(O)C(O)[C@@H](O)C1O)OC(=O)CCC. The van der Waals surface area contributed by atoms with Crippen molar-refractivity contribution in [3.05, 3.63) is 0 Å². The molecule has 0 amide bonds. The van der Waals surface area contributed by atoms with Gasteiger partial charge in [0.2, 0.25) is 0 Å². The molecule has 0 radical (unpaired) electrons. The molecule has 1 rings (SSSR count). The molecule has 0 saturated heterocycles. The van der Waals surface area contributed by atoms with Crippen molar-refractivity contribution in [2.75, 3.05) is 13.2 Å². The number of rotatable bonds is 24. The Kier molecular flexibility index (Phi) is 20.7. The first-order valence-corrected chi connectivity index (χ1v) is 17.3. The van der Waals surface area contributed by atoms with Crippen molar-refractivity contribution < 1.29 is 63.1 Å². The lowest BCUT2D eigenvalue weighted by molar-refractivity contribution is -0.220. The van der Waals surface area contributed by atoms with Gasteiger partial charge in [0, 0.05) is 12.8 Å². The molecule has 0 aliphatic heterocycles. The van der Waals surface area contributed by atoms with Gasteiger partial charge >= 0.3 is 19.8 Å². The number of aliphatic hydroxyl groups excluding tert-OH is 5. The molecule has 0 aromatic heterocycles. The van der Waals surface area contributed by atoms with Gasteiger partial charge in [0.15, 0.2) is 6.10 Å². The third kappa shape index (κ3) is 16.7. The van der Waals surface area contributed by atoms with Crippen LogP contribution in [0.5, 0.6) is 0 Å². The van der Waals surface area contributed by atoms with Crippen molar-refractivity contribution in [3.8, 4) is 0 Å². The number of aliphatic hydroxyl groups is 5. The van der Waals surface area contributed by atoms with E-state index in [1.807, 2.05) is 0 Å². The number of esters is 2. The summed E-state index contributed by atoms with van der Waals surface area (Å²) in [6.45, 7) is 2.79. The highest BCUT2D eigenvalue weighted by Gasteiger charge is 2.51. The Morgan fingerprint density at radius 3 is 1.58 bits per heavy atom. The van der Waals surface area contributed by atoms with E-state index in [9.17, 15) is 44.6 Å². The summed E-state index contributed by atoms with van der Waals surface area (Å²) in [4.78, 5) is 34.3. The van der Waals surface area contributed by atoms with Gasteiger partial charge in [-0.25, -0.2) is 4.57 Å². The van der Waals surface area contributed by atoms with Crippen LogP contribution in [-0.4, -0.2) is 98.3 Å².